The van der Waals surface area contributed by atoms with E-state index in [1.165, 1.54) is 11.1 Å². The molecule has 7 nitrogen and oxygen atoms in total. The average Bonchev–Trinajstić information content (AvgIpc) is 2.67. The number of fused-ring (bicyclic) bond motifs is 1. The van der Waals surface area contributed by atoms with E-state index < -0.39 is 5.97 Å². The van der Waals surface area contributed by atoms with E-state index >= 15 is 0 Å². The van der Waals surface area contributed by atoms with Crippen LogP contribution in [0.25, 0.3) is 22.2 Å². The van der Waals surface area contributed by atoms with Gasteiger partial charge in [0.15, 0.2) is 0 Å². The summed E-state index contributed by atoms with van der Waals surface area (Å²) in [5.41, 5.74) is 8.67. The van der Waals surface area contributed by atoms with Crippen molar-refractivity contribution in [3.63, 3.8) is 0 Å². The molecular formula is C20H20N4O3. The number of ether oxygens (including phenoxy) is 1. The number of carbonyl (C=O) groups excluding carboxylic acids is 2. The Balaban J connectivity index is 2.10. The van der Waals surface area contributed by atoms with E-state index in [9.17, 15) is 9.59 Å². The molecule has 3 aromatic rings. The lowest BCUT2D eigenvalue weighted by atomic mass is 10.0. The van der Waals surface area contributed by atoms with E-state index in [1.54, 1.807) is 51.4 Å². The van der Waals surface area contributed by atoms with Crippen molar-refractivity contribution >= 4 is 28.6 Å². The molecule has 2 N–H and O–H groups in total. The van der Waals surface area contributed by atoms with Crippen LogP contribution in [0.1, 0.15) is 27.6 Å². The van der Waals surface area contributed by atoms with E-state index in [-0.39, 0.29) is 18.3 Å². The Hall–Kier alpha value is -3.48. The molecule has 3 rings (SSSR count). The molecule has 138 valence electrons. The highest BCUT2D eigenvalue weighted by atomic mass is 16.5. The number of aromatic nitrogens is 2. The van der Waals surface area contributed by atoms with Crippen LogP contribution in [0.2, 0.25) is 0 Å². The minimum absolute atomic E-state index is 0.0941. The van der Waals surface area contributed by atoms with Gasteiger partial charge in [0.2, 0.25) is 0 Å². The molecule has 0 atom stereocenters. The van der Waals surface area contributed by atoms with Gasteiger partial charge in [0, 0.05) is 36.8 Å². The van der Waals surface area contributed by atoms with Gasteiger partial charge in [0.25, 0.3) is 5.91 Å². The Kier molecular flexibility index (Phi) is 5.03. The van der Waals surface area contributed by atoms with Gasteiger partial charge in [-0.3, -0.25) is 4.79 Å². The van der Waals surface area contributed by atoms with Crippen molar-refractivity contribution in [1.82, 2.24) is 14.9 Å². The number of anilines is 1. The first-order chi connectivity index (χ1) is 12.9. The van der Waals surface area contributed by atoms with Crippen LogP contribution in [0, 0.1) is 0 Å². The molecule has 1 amide bonds. The second kappa shape index (κ2) is 7.41. The highest BCUT2D eigenvalue weighted by Crippen LogP contribution is 2.26. The van der Waals surface area contributed by atoms with Crippen LogP contribution < -0.4 is 5.73 Å². The maximum Gasteiger partial charge on any atom is 0.340 e. The summed E-state index contributed by atoms with van der Waals surface area (Å²) in [6.45, 7) is 2.01. The van der Waals surface area contributed by atoms with Gasteiger partial charge in [-0.15, -0.1) is 0 Å². The third-order valence-corrected chi connectivity index (χ3v) is 4.07. The maximum atomic E-state index is 12.2. The van der Waals surface area contributed by atoms with E-state index in [1.807, 2.05) is 6.07 Å². The van der Waals surface area contributed by atoms with E-state index in [4.69, 9.17) is 10.5 Å². The summed E-state index contributed by atoms with van der Waals surface area (Å²) < 4.78 is 5.07. The average molecular weight is 364 g/mol. The van der Waals surface area contributed by atoms with Crippen LogP contribution in [-0.4, -0.2) is 47.4 Å². The normalized spacial score (nSPS) is 10.6. The molecule has 0 saturated heterocycles. The molecule has 0 saturated carbocycles. The van der Waals surface area contributed by atoms with Gasteiger partial charge in [-0.1, -0.05) is 12.1 Å². The smallest absolute Gasteiger partial charge is 0.340 e. The number of rotatable bonds is 4. The van der Waals surface area contributed by atoms with Gasteiger partial charge >= 0.3 is 5.97 Å². The lowest BCUT2D eigenvalue weighted by Gasteiger charge is -2.12. The zero-order valence-corrected chi connectivity index (χ0v) is 15.4. The Morgan fingerprint density at radius 3 is 2.67 bits per heavy atom. The zero-order valence-electron chi connectivity index (χ0n) is 15.4. The van der Waals surface area contributed by atoms with Crippen LogP contribution >= 0.6 is 0 Å². The number of pyridine rings is 2. The fourth-order valence-corrected chi connectivity index (χ4v) is 2.74. The fourth-order valence-electron chi connectivity index (χ4n) is 2.74. The second-order valence-electron chi connectivity index (χ2n) is 6.15. The summed E-state index contributed by atoms with van der Waals surface area (Å²) in [5, 5.41) is 0.574. The lowest BCUT2D eigenvalue weighted by Crippen LogP contribution is -2.21. The first kappa shape index (κ1) is 18.3. The Labute approximate surface area is 156 Å². The van der Waals surface area contributed by atoms with Crippen molar-refractivity contribution in [3.8, 4) is 11.3 Å². The SMILES string of the molecule is CCOC(=O)c1cnc(N)c2nc(-c3cccc(C(=O)N(C)C)c3)ccc12. The molecule has 1 aromatic carbocycles. The van der Waals surface area contributed by atoms with Crippen LogP contribution in [0.15, 0.2) is 42.6 Å². The van der Waals surface area contributed by atoms with Gasteiger partial charge in [-0.05, 0) is 31.2 Å². The molecule has 0 aliphatic heterocycles. The van der Waals surface area contributed by atoms with Crippen molar-refractivity contribution < 1.29 is 14.3 Å². The number of hydrogen-bond donors (Lipinski definition) is 1. The molecule has 0 spiro atoms. The van der Waals surface area contributed by atoms with Crippen molar-refractivity contribution in [2.24, 2.45) is 0 Å². The van der Waals surface area contributed by atoms with E-state index in [0.29, 0.717) is 27.7 Å². The molecule has 7 heteroatoms. The summed E-state index contributed by atoms with van der Waals surface area (Å²) in [6, 6.07) is 10.7. The summed E-state index contributed by atoms with van der Waals surface area (Å²) >= 11 is 0. The van der Waals surface area contributed by atoms with Crippen LogP contribution in [-0.2, 0) is 4.74 Å². The third-order valence-electron chi connectivity index (χ3n) is 4.07. The third kappa shape index (κ3) is 3.57. The van der Waals surface area contributed by atoms with Gasteiger partial charge < -0.3 is 15.4 Å². The second-order valence-corrected chi connectivity index (χ2v) is 6.15. The molecule has 0 fully saturated rings. The lowest BCUT2D eigenvalue weighted by molar-refractivity contribution is 0.0528. The molecule has 0 aliphatic carbocycles. The number of esters is 1. The largest absolute Gasteiger partial charge is 0.462 e. The molecule has 2 heterocycles. The highest BCUT2D eigenvalue weighted by molar-refractivity contribution is 6.06. The topological polar surface area (TPSA) is 98.4 Å². The van der Waals surface area contributed by atoms with Crippen molar-refractivity contribution in [1.29, 1.82) is 0 Å². The first-order valence-corrected chi connectivity index (χ1v) is 8.46. The van der Waals surface area contributed by atoms with Crippen molar-refractivity contribution in [3.05, 3.63) is 53.7 Å². The minimum atomic E-state index is -0.469. The van der Waals surface area contributed by atoms with Crippen LogP contribution in [0.5, 0.6) is 0 Å². The Bertz CT molecular complexity index is 1030. The van der Waals surface area contributed by atoms with Crippen LogP contribution in [0.3, 0.4) is 0 Å². The monoisotopic (exact) mass is 364 g/mol. The van der Waals surface area contributed by atoms with Gasteiger partial charge in [0.05, 0.1) is 17.9 Å². The number of nitrogens with two attached hydrogens (primary N) is 1. The highest BCUT2D eigenvalue weighted by Gasteiger charge is 2.16. The Morgan fingerprint density at radius 1 is 1.19 bits per heavy atom. The number of amides is 1. The molecule has 0 radical (unpaired) electrons. The number of carbonyl (C=O) groups is 2. The first-order valence-electron chi connectivity index (χ1n) is 8.46. The molecule has 27 heavy (non-hydrogen) atoms. The minimum Gasteiger partial charge on any atom is -0.462 e. The van der Waals surface area contributed by atoms with Gasteiger partial charge in [0.1, 0.15) is 11.3 Å². The maximum absolute atomic E-state index is 12.2. The summed E-state index contributed by atoms with van der Waals surface area (Å²) in [6.07, 6.45) is 1.40. The number of nitrogen functional groups attached to an aromatic ring is 1. The summed E-state index contributed by atoms with van der Waals surface area (Å²) in [7, 11) is 3.40. The van der Waals surface area contributed by atoms with Gasteiger partial charge in [-0.25, -0.2) is 14.8 Å². The Morgan fingerprint density at radius 2 is 1.96 bits per heavy atom. The molecular weight excluding hydrogens is 344 g/mol. The van der Waals surface area contributed by atoms with Crippen molar-refractivity contribution in [2.45, 2.75) is 6.92 Å². The number of hydrogen-bond acceptors (Lipinski definition) is 6. The standard InChI is InChI=1S/C20H20N4O3/c1-4-27-20(26)15-11-22-18(21)17-14(15)8-9-16(23-17)12-6-5-7-13(10-12)19(25)24(2)3/h5-11H,4H2,1-3H3,(H2,21,22). The van der Waals surface area contributed by atoms with Crippen LogP contribution in [0.4, 0.5) is 5.82 Å². The number of nitrogens with zero attached hydrogens (tertiary/aromatic N) is 3. The summed E-state index contributed by atoms with van der Waals surface area (Å²) in [4.78, 5) is 34.5. The predicted octanol–water partition coefficient (Wildman–Crippen LogP) is 2.76. The van der Waals surface area contributed by atoms with E-state index in [2.05, 4.69) is 9.97 Å². The molecule has 0 unspecified atom stereocenters. The summed E-state index contributed by atoms with van der Waals surface area (Å²) in [5.74, 6) is -0.341. The molecule has 0 aliphatic rings. The number of benzene rings is 1. The molecule has 2 aromatic heterocycles. The fraction of sp³-hybridized carbons (Fsp3) is 0.200. The van der Waals surface area contributed by atoms with E-state index in [0.717, 1.165) is 5.56 Å². The molecule has 0 bridgehead atoms. The van der Waals surface area contributed by atoms with Crippen molar-refractivity contribution in [2.75, 3.05) is 26.4 Å². The van der Waals surface area contributed by atoms with Gasteiger partial charge in [-0.2, -0.15) is 0 Å². The quantitative estimate of drug-likeness (QED) is 0.715. The predicted molar refractivity (Wildman–Crippen MR) is 103 cm³/mol. The zero-order chi connectivity index (χ0) is 19.6.